The van der Waals surface area contributed by atoms with E-state index in [0.717, 1.165) is 18.5 Å². The molecule has 2 amide bonds. The number of anilines is 1. The number of aromatic amines is 1. The van der Waals surface area contributed by atoms with Crippen molar-refractivity contribution in [2.45, 2.75) is 12.8 Å². The number of benzene rings is 2. The topological polar surface area (TPSA) is 95.2 Å². The predicted octanol–water partition coefficient (Wildman–Crippen LogP) is 2.41. The van der Waals surface area contributed by atoms with Gasteiger partial charge in [-0.25, -0.2) is 5.10 Å². The lowest BCUT2D eigenvalue weighted by Crippen LogP contribution is -2.44. The number of carbonyl (C=O) groups excluding carboxylic acids is 2. The van der Waals surface area contributed by atoms with E-state index in [1.54, 1.807) is 29.2 Å². The van der Waals surface area contributed by atoms with Crippen molar-refractivity contribution in [1.29, 1.82) is 0 Å². The van der Waals surface area contributed by atoms with Crippen molar-refractivity contribution in [2.75, 3.05) is 18.4 Å². The summed E-state index contributed by atoms with van der Waals surface area (Å²) in [4.78, 5) is 39.3. The maximum atomic E-state index is 13.1. The van der Waals surface area contributed by atoms with Crippen LogP contribution >= 0.6 is 0 Å². The lowest BCUT2D eigenvalue weighted by Gasteiger charge is -2.32. The fourth-order valence-electron chi connectivity index (χ4n) is 3.57. The van der Waals surface area contributed by atoms with Crippen molar-refractivity contribution >= 4 is 28.3 Å². The van der Waals surface area contributed by atoms with Crippen molar-refractivity contribution in [1.82, 2.24) is 15.1 Å². The number of amides is 2. The van der Waals surface area contributed by atoms with Gasteiger partial charge in [-0.15, -0.1) is 0 Å². The van der Waals surface area contributed by atoms with Crippen LogP contribution in [-0.4, -0.2) is 40.0 Å². The van der Waals surface area contributed by atoms with E-state index in [9.17, 15) is 14.4 Å². The van der Waals surface area contributed by atoms with Gasteiger partial charge >= 0.3 is 0 Å². The van der Waals surface area contributed by atoms with Gasteiger partial charge < -0.3 is 10.2 Å². The Kier molecular flexibility index (Phi) is 4.89. The molecule has 1 fully saturated rings. The first-order valence-corrected chi connectivity index (χ1v) is 9.26. The standard InChI is InChI=1S/C21H20N4O3/c26-19(22-15-8-2-1-3-9-15)14-7-6-12-25(13-14)21(28)18-16-10-4-5-11-17(16)20(27)24-23-18/h1-5,8-11,14H,6-7,12-13H2,(H,22,26)(H,24,27)/t14-/m1/s1. The Labute approximate surface area is 161 Å². The van der Waals surface area contributed by atoms with Gasteiger partial charge in [-0.2, -0.15) is 5.10 Å². The summed E-state index contributed by atoms with van der Waals surface area (Å²) in [6.07, 6.45) is 1.46. The first-order valence-electron chi connectivity index (χ1n) is 9.26. The highest BCUT2D eigenvalue weighted by molar-refractivity contribution is 6.05. The molecule has 1 aliphatic rings. The van der Waals surface area contributed by atoms with E-state index in [-0.39, 0.29) is 29.0 Å². The second-order valence-corrected chi connectivity index (χ2v) is 6.89. The number of rotatable bonds is 3. The van der Waals surface area contributed by atoms with Gasteiger partial charge in [-0.05, 0) is 31.0 Å². The molecule has 0 radical (unpaired) electrons. The largest absolute Gasteiger partial charge is 0.336 e. The quantitative estimate of drug-likeness (QED) is 0.734. The summed E-state index contributed by atoms with van der Waals surface area (Å²) in [5.74, 6) is -0.653. The summed E-state index contributed by atoms with van der Waals surface area (Å²) in [5.41, 5.74) is 0.620. The summed E-state index contributed by atoms with van der Waals surface area (Å²) < 4.78 is 0. The van der Waals surface area contributed by atoms with Crippen LogP contribution in [0.25, 0.3) is 10.8 Å². The predicted molar refractivity (Wildman–Crippen MR) is 106 cm³/mol. The zero-order valence-electron chi connectivity index (χ0n) is 15.2. The first kappa shape index (κ1) is 17.9. The Morgan fingerprint density at radius 3 is 2.54 bits per heavy atom. The molecule has 0 saturated carbocycles. The number of likely N-dealkylation sites (tertiary alicyclic amines) is 1. The number of para-hydroxylation sites is 1. The highest BCUT2D eigenvalue weighted by Gasteiger charge is 2.30. The highest BCUT2D eigenvalue weighted by Crippen LogP contribution is 2.22. The van der Waals surface area contributed by atoms with Crippen LogP contribution in [0, 0.1) is 5.92 Å². The normalized spacial score (nSPS) is 16.7. The minimum absolute atomic E-state index is 0.0945. The second kappa shape index (κ2) is 7.64. The first-order chi connectivity index (χ1) is 13.6. The molecule has 1 aromatic heterocycles. The molecule has 7 heteroatoms. The Hall–Kier alpha value is -3.48. The van der Waals surface area contributed by atoms with Crippen LogP contribution in [0.5, 0.6) is 0 Å². The van der Waals surface area contributed by atoms with Crippen molar-refractivity contribution < 1.29 is 9.59 Å². The molecule has 1 aliphatic heterocycles. The number of piperidine rings is 1. The van der Waals surface area contributed by atoms with Crippen molar-refractivity contribution in [3.05, 3.63) is 70.6 Å². The molecule has 142 valence electrons. The SMILES string of the molecule is O=C(Nc1ccccc1)[C@@H]1CCCN(C(=O)c2n[nH]c(=O)c3ccccc23)C1. The molecular formula is C21H20N4O3. The molecule has 2 heterocycles. The molecule has 1 saturated heterocycles. The number of nitrogens with one attached hydrogen (secondary N) is 2. The van der Waals surface area contributed by atoms with Crippen LogP contribution < -0.4 is 10.9 Å². The number of hydrogen-bond acceptors (Lipinski definition) is 4. The third kappa shape index (κ3) is 3.51. The number of carbonyl (C=O) groups is 2. The number of aromatic nitrogens is 2. The minimum Gasteiger partial charge on any atom is -0.336 e. The third-order valence-corrected chi connectivity index (χ3v) is 5.02. The van der Waals surface area contributed by atoms with Crippen LogP contribution in [0.2, 0.25) is 0 Å². The summed E-state index contributed by atoms with van der Waals surface area (Å²) >= 11 is 0. The summed E-state index contributed by atoms with van der Waals surface area (Å²) in [6, 6.07) is 16.2. The second-order valence-electron chi connectivity index (χ2n) is 6.89. The molecule has 0 aliphatic carbocycles. The molecule has 7 nitrogen and oxygen atoms in total. The van der Waals surface area contributed by atoms with E-state index in [1.165, 1.54) is 0 Å². The molecule has 2 aromatic carbocycles. The molecule has 0 unspecified atom stereocenters. The van der Waals surface area contributed by atoms with Crippen molar-refractivity contribution in [2.24, 2.45) is 5.92 Å². The van der Waals surface area contributed by atoms with E-state index in [1.807, 2.05) is 30.3 Å². The lowest BCUT2D eigenvalue weighted by molar-refractivity contribution is -0.121. The van der Waals surface area contributed by atoms with Crippen LogP contribution in [0.3, 0.4) is 0 Å². The Morgan fingerprint density at radius 1 is 1.04 bits per heavy atom. The molecule has 3 aromatic rings. The van der Waals surface area contributed by atoms with E-state index < -0.39 is 0 Å². The van der Waals surface area contributed by atoms with Gasteiger partial charge in [0.2, 0.25) is 5.91 Å². The van der Waals surface area contributed by atoms with Gasteiger partial charge in [-0.1, -0.05) is 36.4 Å². The van der Waals surface area contributed by atoms with Crippen molar-refractivity contribution in [3.8, 4) is 0 Å². The highest BCUT2D eigenvalue weighted by atomic mass is 16.2. The van der Waals surface area contributed by atoms with Crippen LogP contribution in [0.1, 0.15) is 23.3 Å². The van der Waals surface area contributed by atoms with E-state index in [0.29, 0.717) is 23.9 Å². The van der Waals surface area contributed by atoms with E-state index in [2.05, 4.69) is 15.5 Å². The third-order valence-electron chi connectivity index (χ3n) is 5.02. The Bertz CT molecular complexity index is 1080. The smallest absolute Gasteiger partial charge is 0.274 e. The Balaban J connectivity index is 1.53. The number of hydrogen-bond donors (Lipinski definition) is 2. The van der Waals surface area contributed by atoms with Gasteiger partial charge in [0, 0.05) is 24.2 Å². The monoisotopic (exact) mass is 376 g/mol. The number of H-pyrrole nitrogens is 1. The lowest BCUT2D eigenvalue weighted by atomic mass is 9.96. The van der Waals surface area contributed by atoms with Gasteiger partial charge in [0.25, 0.3) is 11.5 Å². The maximum absolute atomic E-state index is 13.1. The zero-order valence-corrected chi connectivity index (χ0v) is 15.2. The van der Waals surface area contributed by atoms with Gasteiger partial charge in [0.1, 0.15) is 0 Å². The zero-order chi connectivity index (χ0) is 19.5. The number of nitrogens with zero attached hydrogens (tertiary/aromatic N) is 2. The average molecular weight is 376 g/mol. The molecule has 4 rings (SSSR count). The minimum atomic E-state index is -0.328. The van der Waals surface area contributed by atoms with Gasteiger partial charge in [0.15, 0.2) is 5.69 Å². The summed E-state index contributed by atoms with van der Waals surface area (Å²) in [5, 5.41) is 10.2. The fraction of sp³-hybridized carbons (Fsp3) is 0.238. The van der Waals surface area contributed by atoms with Crippen LogP contribution in [0.15, 0.2) is 59.4 Å². The van der Waals surface area contributed by atoms with Crippen LogP contribution in [0.4, 0.5) is 5.69 Å². The molecule has 0 spiro atoms. The maximum Gasteiger partial charge on any atom is 0.274 e. The van der Waals surface area contributed by atoms with E-state index >= 15 is 0 Å². The van der Waals surface area contributed by atoms with Crippen molar-refractivity contribution in [3.63, 3.8) is 0 Å². The average Bonchev–Trinajstić information content (AvgIpc) is 2.74. The molecular weight excluding hydrogens is 356 g/mol. The van der Waals surface area contributed by atoms with E-state index in [4.69, 9.17) is 0 Å². The number of fused-ring (bicyclic) bond motifs is 1. The van der Waals surface area contributed by atoms with Gasteiger partial charge in [-0.3, -0.25) is 14.4 Å². The summed E-state index contributed by atoms with van der Waals surface area (Å²) in [6.45, 7) is 0.885. The molecule has 0 bridgehead atoms. The van der Waals surface area contributed by atoms with Gasteiger partial charge in [0.05, 0.1) is 11.3 Å². The Morgan fingerprint density at radius 2 is 1.75 bits per heavy atom. The molecule has 1 atom stereocenters. The van der Waals surface area contributed by atoms with Crippen LogP contribution in [-0.2, 0) is 4.79 Å². The fourth-order valence-corrected chi connectivity index (χ4v) is 3.57. The summed E-state index contributed by atoms with van der Waals surface area (Å²) in [7, 11) is 0. The molecule has 2 N–H and O–H groups in total. The molecule has 28 heavy (non-hydrogen) atoms.